The lowest BCUT2D eigenvalue weighted by Crippen LogP contribution is -1.96. The number of ether oxygens (including phenoxy) is 1. The van der Waals surface area contributed by atoms with Crippen molar-refractivity contribution >= 4 is 18.4 Å². The summed E-state index contributed by atoms with van der Waals surface area (Å²) >= 11 is 5.35. The van der Waals surface area contributed by atoms with Crippen LogP contribution < -0.4 is 4.74 Å². The molecule has 0 amide bonds. The second-order valence-corrected chi connectivity index (χ2v) is 6.74. The molecule has 0 aliphatic carbocycles. The molecule has 0 spiro atoms. The van der Waals surface area contributed by atoms with Gasteiger partial charge in [-0.3, -0.25) is 0 Å². The van der Waals surface area contributed by atoms with E-state index in [9.17, 15) is 0 Å². The SMILES string of the molecule is CCOc1ccc(-c2n[nH]c(=S)n2N=Cc2ccc(-c3ccccc3)cc2)cc1. The van der Waals surface area contributed by atoms with E-state index in [-0.39, 0.29) is 0 Å². The van der Waals surface area contributed by atoms with Crippen LogP contribution in [0.1, 0.15) is 12.5 Å². The van der Waals surface area contributed by atoms with Crippen molar-refractivity contribution in [2.45, 2.75) is 6.92 Å². The fourth-order valence-corrected chi connectivity index (χ4v) is 3.15. The Morgan fingerprint density at radius 1 is 0.931 bits per heavy atom. The molecule has 0 atom stereocenters. The van der Waals surface area contributed by atoms with Gasteiger partial charge < -0.3 is 4.74 Å². The zero-order valence-corrected chi connectivity index (χ0v) is 16.8. The van der Waals surface area contributed by atoms with Crippen LogP contribution in [0.3, 0.4) is 0 Å². The van der Waals surface area contributed by atoms with Gasteiger partial charge in [0.2, 0.25) is 4.77 Å². The van der Waals surface area contributed by atoms with Crippen LogP contribution >= 0.6 is 12.2 Å². The molecule has 0 aliphatic heterocycles. The molecule has 6 heteroatoms. The third-order valence-electron chi connectivity index (χ3n) is 4.41. The average Bonchev–Trinajstić information content (AvgIpc) is 3.14. The molecule has 1 aromatic heterocycles. The van der Waals surface area contributed by atoms with Crippen molar-refractivity contribution in [3.63, 3.8) is 0 Å². The molecule has 144 valence electrons. The molecule has 0 aliphatic rings. The maximum atomic E-state index is 5.49. The molecule has 1 heterocycles. The first-order valence-corrected chi connectivity index (χ1v) is 9.76. The number of rotatable bonds is 6. The molecule has 0 unspecified atom stereocenters. The first-order chi connectivity index (χ1) is 14.2. The third kappa shape index (κ3) is 4.33. The standard InChI is InChI=1S/C23H20N4OS/c1-2-28-21-14-12-20(13-15-21)22-25-26-23(29)27(22)24-16-17-8-10-19(11-9-17)18-6-4-3-5-7-18/h3-16H,2H2,1H3,(H,26,29). The van der Waals surface area contributed by atoms with Crippen molar-refractivity contribution in [3.8, 4) is 28.3 Å². The van der Waals surface area contributed by atoms with E-state index in [0.29, 0.717) is 17.2 Å². The maximum absolute atomic E-state index is 5.49. The van der Waals surface area contributed by atoms with Gasteiger partial charge in [-0.05, 0) is 60.1 Å². The lowest BCUT2D eigenvalue weighted by atomic mass is 10.0. The number of hydrogen-bond acceptors (Lipinski definition) is 4. The largest absolute Gasteiger partial charge is 0.494 e. The summed E-state index contributed by atoms with van der Waals surface area (Å²) < 4.78 is 7.55. The quantitative estimate of drug-likeness (QED) is 0.341. The minimum Gasteiger partial charge on any atom is -0.494 e. The van der Waals surface area contributed by atoms with Crippen molar-refractivity contribution in [2.75, 3.05) is 6.61 Å². The molecule has 0 radical (unpaired) electrons. The topological polar surface area (TPSA) is 55.2 Å². The van der Waals surface area contributed by atoms with E-state index in [4.69, 9.17) is 17.0 Å². The lowest BCUT2D eigenvalue weighted by molar-refractivity contribution is 0.340. The Balaban J connectivity index is 1.57. The van der Waals surface area contributed by atoms with E-state index < -0.39 is 0 Å². The summed E-state index contributed by atoms with van der Waals surface area (Å²) in [5.74, 6) is 1.47. The molecular formula is C23H20N4OS. The Morgan fingerprint density at radius 3 is 2.28 bits per heavy atom. The minimum absolute atomic E-state index is 0.436. The molecule has 5 nitrogen and oxygen atoms in total. The number of aromatic amines is 1. The summed E-state index contributed by atoms with van der Waals surface area (Å²) in [5.41, 5.74) is 4.23. The summed E-state index contributed by atoms with van der Waals surface area (Å²) in [6.07, 6.45) is 1.78. The maximum Gasteiger partial charge on any atom is 0.216 e. The van der Waals surface area contributed by atoms with Crippen LogP contribution in [-0.2, 0) is 0 Å². The lowest BCUT2D eigenvalue weighted by Gasteiger charge is -2.05. The molecule has 0 bridgehead atoms. The van der Waals surface area contributed by atoms with Crippen molar-refractivity contribution in [2.24, 2.45) is 5.10 Å². The number of nitrogens with zero attached hydrogens (tertiary/aromatic N) is 3. The summed E-state index contributed by atoms with van der Waals surface area (Å²) in [5, 5.41) is 11.7. The van der Waals surface area contributed by atoms with E-state index >= 15 is 0 Å². The summed E-state index contributed by atoms with van der Waals surface area (Å²) in [6.45, 7) is 2.59. The normalized spacial score (nSPS) is 11.1. The van der Waals surface area contributed by atoms with Crippen LogP contribution in [0.5, 0.6) is 5.75 Å². The fraction of sp³-hybridized carbons (Fsp3) is 0.0870. The fourth-order valence-electron chi connectivity index (χ4n) is 2.97. The highest BCUT2D eigenvalue weighted by Crippen LogP contribution is 2.22. The predicted octanol–water partition coefficient (Wildman–Crippen LogP) is 5.56. The number of benzene rings is 3. The van der Waals surface area contributed by atoms with Gasteiger partial charge in [0.1, 0.15) is 5.75 Å². The Morgan fingerprint density at radius 2 is 1.59 bits per heavy atom. The first-order valence-electron chi connectivity index (χ1n) is 9.35. The second-order valence-electron chi connectivity index (χ2n) is 6.35. The van der Waals surface area contributed by atoms with E-state index in [1.54, 1.807) is 10.9 Å². The van der Waals surface area contributed by atoms with Crippen molar-refractivity contribution in [3.05, 3.63) is 89.2 Å². The monoisotopic (exact) mass is 400 g/mol. The number of aromatic nitrogens is 3. The average molecular weight is 401 g/mol. The van der Waals surface area contributed by atoms with E-state index in [1.165, 1.54) is 5.56 Å². The van der Waals surface area contributed by atoms with Crippen molar-refractivity contribution in [1.29, 1.82) is 0 Å². The van der Waals surface area contributed by atoms with Crippen LogP contribution in [0.15, 0.2) is 84.0 Å². The minimum atomic E-state index is 0.436. The van der Waals surface area contributed by atoms with Gasteiger partial charge in [-0.25, -0.2) is 5.10 Å². The van der Waals surface area contributed by atoms with E-state index in [1.807, 2.05) is 61.5 Å². The van der Waals surface area contributed by atoms with Gasteiger partial charge >= 0.3 is 0 Å². The van der Waals surface area contributed by atoms with Gasteiger partial charge in [-0.15, -0.1) is 0 Å². The molecule has 4 rings (SSSR count). The van der Waals surface area contributed by atoms with Gasteiger partial charge in [-0.1, -0.05) is 54.6 Å². The highest BCUT2D eigenvalue weighted by molar-refractivity contribution is 7.71. The molecule has 4 aromatic rings. The molecule has 0 fully saturated rings. The van der Waals surface area contributed by atoms with Crippen LogP contribution in [0.4, 0.5) is 0 Å². The van der Waals surface area contributed by atoms with Gasteiger partial charge in [0, 0.05) is 5.56 Å². The molecule has 0 saturated heterocycles. The van der Waals surface area contributed by atoms with Crippen molar-refractivity contribution in [1.82, 2.24) is 14.9 Å². The van der Waals surface area contributed by atoms with Gasteiger partial charge in [0.05, 0.1) is 12.8 Å². The summed E-state index contributed by atoms with van der Waals surface area (Å²) in [4.78, 5) is 0. The third-order valence-corrected chi connectivity index (χ3v) is 4.68. The van der Waals surface area contributed by atoms with Crippen LogP contribution in [-0.4, -0.2) is 27.7 Å². The number of hydrogen-bond donors (Lipinski definition) is 1. The summed E-state index contributed by atoms with van der Waals surface area (Å²) in [6, 6.07) is 26.2. The first kappa shape index (κ1) is 18.8. The Hall–Kier alpha value is -3.51. The smallest absolute Gasteiger partial charge is 0.216 e. The highest BCUT2D eigenvalue weighted by atomic mass is 32.1. The number of H-pyrrole nitrogens is 1. The summed E-state index contributed by atoms with van der Waals surface area (Å²) in [7, 11) is 0. The Kier molecular flexibility index (Phi) is 5.63. The molecular weight excluding hydrogens is 380 g/mol. The predicted molar refractivity (Wildman–Crippen MR) is 119 cm³/mol. The van der Waals surface area contributed by atoms with E-state index in [0.717, 1.165) is 22.4 Å². The molecule has 29 heavy (non-hydrogen) atoms. The van der Waals surface area contributed by atoms with Gasteiger partial charge in [-0.2, -0.15) is 14.9 Å². The molecule has 3 aromatic carbocycles. The van der Waals surface area contributed by atoms with Crippen molar-refractivity contribution < 1.29 is 4.74 Å². The molecule has 0 saturated carbocycles. The van der Waals surface area contributed by atoms with Gasteiger partial charge in [0.15, 0.2) is 5.82 Å². The Labute approximate surface area is 174 Å². The number of nitrogens with one attached hydrogen (secondary N) is 1. The van der Waals surface area contributed by atoms with Gasteiger partial charge in [0.25, 0.3) is 0 Å². The molecule has 1 N–H and O–H groups in total. The Bertz CT molecular complexity index is 1160. The van der Waals surface area contributed by atoms with E-state index in [2.05, 4.69) is 39.6 Å². The van der Waals surface area contributed by atoms with Crippen LogP contribution in [0.2, 0.25) is 0 Å². The van der Waals surface area contributed by atoms with Crippen LogP contribution in [0, 0.1) is 4.77 Å². The zero-order chi connectivity index (χ0) is 20.1. The zero-order valence-electron chi connectivity index (χ0n) is 15.9. The second kappa shape index (κ2) is 8.67. The highest BCUT2D eigenvalue weighted by Gasteiger charge is 2.08. The van der Waals surface area contributed by atoms with Crippen LogP contribution in [0.25, 0.3) is 22.5 Å².